The van der Waals surface area contributed by atoms with Gasteiger partial charge in [-0.05, 0) is 115 Å². The van der Waals surface area contributed by atoms with Crippen molar-refractivity contribution in [1.29, 1.82) is 0 Å². The Labute approximate surface area is 440 Å². The first-order valence-electron chi connectivity index (χ1n) is 25.8. The van der Waals surface area contributed by atoms with Crippen LogP contribution in [0.5, 0.6) is 17.2 Å². The summed E-state index contributed by atoms with van der Waals surface area (Å²) in [4.78, 5) is 32.2. The van der Waals surface area contributed by atoms with E-state index in [1.165, 1.54) is 15.9 Å². The summed E-state index contributed by atoms with van der Waals surface area (Å²) in [6, 6.07) is 71.4. The van der Waals surface area contributed by atoms with Crippen molar-refractivity contribution in [3.05, 3.63) is 264 Å². The van der Waals surface area contributed by atoms with Gasteiger partial charge in [0.2, 0.25) is 5.91 Å². The monoisotopic (exact) mass is 1010 g/mol. The van der Waals surface area contributed by atoms with Crippen LogP contribution in [0.4, 0.5) is 5.69 Å². The highest BCUT2D eigenvalue weighted by Gasteiger charge is 2.50. The second kappa shape index (κ2) is 22.6. The van der Waals surface area contributed by atoms with Crippen molar-refractivity contribution in [3.8, 4) is 17.2 Å². The molecule has 6 aromatic carbocycles. The van der Waals surface area contributed by atoms with Gasteiger partial charge in [-0.3, -0.25) is 24.6 Å². The number of nitrogens with zero attached hydrogens (tertiary/aromatic N) is 5. The third-order valence-corrected chi connectivity index (χ3v) is 18.8. The largest absolute Gasteiger partial charge is 0.487 e. The van der Waals surface area contributed by atoms with E-state index in [2.05, 4.69) is 171 Å². The summed E-state index contributed by atoms with van der Waals surface area (Å²) in [5, 5.41) is 7.21. The number of benzene rings is 6. The maximum atomic E-state index is 13.6. The first kappa shape index (κ1) is 49.2. The number of aromatic nitrogens is 3. The molecule has 3 aromatic heterocycles. The van der Waals surface area contributed by atoms with Gasteiger partial charge in [0, 0.05) is 87.5 Å². The summed E-state index contributed by atoms with van der Waals surface area (Å²) in [5.41, 5.74) is 7.94. The third kappa shape index (κ3) is 10.7. The van der Waals surface area contributed by atoms with Crippen molar-refractivity contribution in [3.63, 3.8) is 0 Å². The van der Waals surface area contributed by atoms with Gasteiger partial charge < -0.3 is 24.4 Å². The average molecular weight is 1010 g/mol. The van der Waals surface area contributed by atoms with Crippen LogP contribution in [0.2, 0.25) is 0 Å². The van der Waals surface area contributed by atoms with Crippen LogP contribution in [-0.4, -0.2) is 52.1 Å². The summed E-state index contributed by atoms with van der Waals surface area (Å²) in [6.07, 6.45) is 5.76. The Hall–Kier alpha value is -8.01. The van der Waals surface area contributed by atoms with Crippen LogP contribution in [-0.2, 0) is 48.0 Å². The number of carbonyl (C=O) groups is 1. The Morgan fingerprint density at radius 3 is 1.84 bits per heavy atom. The Morgan fingerprint density at radius 2 is 1.19 bits per heavy atom. The highest BCUT2D eigenvalue weighted by Crippen LogP contribution is 2.58. The van der Waals surface area contributed by atoms with Crippen LogP contribution in [0.25, 0.3) is 0 Å². The lowest BCUT2D eigenvalue weighted by Gasteiger charge is -2.38. The molecule has 75 heavy (non-hydrogen) atoms. The SMILES string of the molecule is CN(CCNC(=O)CCC[P+](c1ccccc1)(c1ccccc1)c1ccccc1)c1ccc2c(c1)Oc1cc(OCc3cccc(CN(Cc4ccccn4)Cc4ccccn4)n3)ccc1C21OCc2ccccc21. The molecule has 1 N–H and O–H groups in total. The van der Waals surface area contributed by atoms with E-state index in [0.717, 1.165) is 63.3 Å². The minimum absolute atomic E-state index is 0.0569. The molecule has 5 heterocycles. The van der Waals surface area contributed by atoms with Crippen LogP contribution in [0.3, 0.4) is 0 Å². The molecule has 1 unspecified atom stereocenters. The van der Waals surface area contributed by atoms with Gasteiger partial charge in [-0.2, -0.15) is 0 Å². The first-order valence-corrected chi connectivity index (χ1v) is 27.7. The van der Waals surface area contributed by atoms with E-state index >= 15 is 0 Å². The molecular weight excluding hydrogens is 948 g/mol. The molecule has 2 aliphatic rings. The standard InChI is InChI=1S/C64H59N6O4P/c1-69(39-38-67-63(71)31-18-40-75(55-24-5-2-6-25-55,56-26-7-3-8-27-56)57-28-9-4-10-29-57)53-32-34-59-61(41-53)74-62-42-54(33-35-60(62)64(59)58-30-12-11-19-48(58)46-73-64)72-47-52-23-17-22-51(68-52)45-70(43-49-20-13-15-36-65-49)44-50-21-14-16-37-66-50/h2-17,19-30,32-37,41-42H,18,31,38-40,43-47H2,1H3/p+1. The maximum absolute atomic E-state index is 13.6. The molecule has 1 spiro atoms. The van der Waals surface area contributed by atoms with Gasteiger partial charge in [0.25, 0.3) is 0 Å². The second-order valence-electron chi connectivity index (χ2n) is 19.2. The number of likely N-dealkylation sites (N-methyl/N-ethyl adjacent to an activating group) is 1. The normalized spacial score (nSPS) is 14.4. The highest BCUT2D eigenvalue weighted by atomic mass is 31.2. The molecule has 2 aliphatic heterocycles. The topological polar surface area (TPSA) is 102 Å². The molecule has 9 aromatic rings. The zero-order chi connectivity index (χ0) is 50.9. The van der Waals surface area contributed by atoms with E-state index < -0.39 is 12.9 Å². The Kier molecular flexibility index (Phi) is 14.8. The molecule has 374 valence electrons. The number of ether oxygens (including phenoxy) is 3. The average Bonchev–Trinajstić information content (AvgIpc) is 3.90. The maximum Gasteiger partial charge on any atom is 0.220 e. The number of carbonyl (C=O) groups excluding carboxylic acids is 1. The number of fused-ring (bicyclic) bond motifs is 6. The fourth-order valence-corrected chi connectivity index (χ4v) is 15.0. The number of hydrogen-bond acceptors (Lipinski definition) is 9. The van der Waals surface area contributed by atoms with E-state index in [-0.39, 0.29) is 12.5 Å². The summed E-state index contributed by atoms with van der Waals surface area (Å²) >= 11 is 0. The van der Waals surface area contributed by atoms with Gasteiger partial charge >= 0.3 is 0 Å². The molecule has 10 nitrogen and oxygen atoms in total. The predicted molar refractivity (Wildman–Crippen MR) is 300 cm³/mol. The van der Waals surface area contributed by atoms with Gasteiger partial charge in [0.05, 0.1) is 35.5 Å². The van der Waals surface area contributed by atoms with Crippen LogP contribution < -0.4 is 35.6 Å². The van der Waals surface area contributed by atoms with Crippen LogP contribution in [0, 0.1) is 0 Å². The molecule has 11 heteroatoms. The van der Waals surface area contributed by atoms with E-state index in [1.807, 2.05) is 80.1 Å². The van der Waals surface area contributed by atoms with Crippen molar-refractivity contribution in [1.82, 2.24) is 25.2 Å². The number of amides is 1. The van der Waals surface area contributed by atoms with Crippen molar-refractivity contribution < 1.29 is 19.0 Å². The van der Waals surface area contributed by atoms with Crippen LogP contribution in [0.1, 0.15) is 57.9 Å². The summed E-state index contributed by atoms with van der Waals surface area (Å²) < 4.78 is 20.2. The molecule has 0 radical (unpaired) electrons. The lowest BCUT2D eigenvalue weighted by molar-refractivity contribution is -0.121. The van der Waals surface area contributed by atoms with Crippen molar-refractivity contribution >= 4 is 34.8 Å². The molecule has 0 saturated carbocycles. The highest BCUT2D eigenvalue weighted by molar-refractivity contribution is 7.95. The fraction of sp³-hybridized carbons (Fsp3) is 0.188. The minimum Gasteiger partial charge on any atom is -0.487 e. The Balaban J connectivity index is 0.764. The molecule has 0 saturated heterocycles. The predicted octanol–water partition coefficient (Wildman–Crippen LogP) is 10.9. The van der Waals surface area contributed by atoms with E-state index in [0.29, 0.717) is 63.0 Å². The number of nitrogens with one attached hydrogen (secondary N) is 1. The number of anilines is 1. The van der Waals surface area contributed by atoms with Crippen molar-refractivity contribution in [2.24, 2.45) is 0 Å². The van der Waals surface area contributed by atoms with E-state index in [4.69, 9.17) is 19.2 Å². The smallest absolute Gasteiger partial charge is 0.220 e. The molecule has 0 fully saturated rings. The van der Waals surface area contributed by atoms with Gasteiger partial charge in [0.1, 0.15) is 47.0 Å². The van der Waals surface area contributed by atoms with E-state index in [1.54, 1.807) is 0 Å². The van der Waals surface area contributed by atoms with Gasteiger partial charge in [-0.15, -0.1) is 0 Å². The van der Waals surface area contributed by atoms with Gasteiger partial charge in [0.15, 0.2) is 5.60 Å². The Bertz CT molecular complexity index is 3220. The number of pyridine rings is 3. The third-order valence-electron chi connectivity index (χ3n) is 14.3. The Morgan fingerprint density at radius 1 is 0.613 bits per heavy atom. The van der Waals surface area contributed by atoms with Gasteiger partial charge in [-0.1, -0.05) is 97.1 Å². The molecule has 0 bridgehead atoms. The number of hydrogen-bond donors (Lipinski definition) is 1. The minimum atomic E-state index is -2.02. The molecule has 1 amide bonds. The van der Waals surface area contributed by atoms with Crippen molar-refractivity contribution in [2.75, 3.05) is 31.2 Å². The van der Waals surface area contributed by atoms with Crippen LogP contribution in [0.15, 0.2) is 219 Å². The lowest BCUT2D eigenvalue weighted by atomic mass is 9.77. The van der Waals surface area contributed by atoms with Crippen LogP contribution >= 0.6 is 7.26 Å². The fourth-order valence-electron chi connectivity index (χ4n) is 10.7. The molecule has 1 atom stereocenters. The van der Waals surface area contributed by atoms with Gasteiger partial charge in [-0.25, -0.2) is 0 Å². The summed E-state index contributed by atoms with van der Waals surface area (Å²) in [5.74, 6) is 2.10. The molecule has 0 aliphatic carbocycles. The molecule has 11 rings (SSSR count). The quantitative estimate of drug-likeness (QED) is 0.0748. The lowest BCUT2D eigenvalue weighted by Crippen LogP contribution is -2.35. The summed E-state index contributed by atoms with van der Waals surface area (Å²) in [7, 11) is 0.0340. The molecular formula is C64H60N6O4P+. The second-order valence-corrected chi connectivity index (χ2v) is 22.8. The van der Waals surface area contributed by atoms with E-state index in [9.17, 15) is 4.79 Å². The van der Waals surface area contributed by atoms with Crippen molar-refractivity contribution in [2.45, 2.75) is 51.3 Å². The first-order chi connectivity index (χ1) is 36.9. The zero-order valence-corrected chi connectivity index (χ0v) is 43.1. The summed E-state index contributed by atoms with van der Waals surface area (Å²) in [6.45, 7) is 3.80. The number of rotatable bonds is 20. The zero-order valence-electron chi connectivity index (χ0n) is 42.2.